The molecule has 0 aliphatic rings. The van der Waals surface area contributed by atoms with Gasteiger partial charge in [0.15, 0.2) is 0 Å². The summed E-state index contributed by atoms with van der Waals surface area (Å²) in [7, 11) is 1.97. The van der Waals surface area contributed by atoms with Gasteiger partial charge in [-0.05, 0) is 44.0 Å². The van der Waals surface area contributed by atoms with Gasteiger partial charge in [0.25, 0.3) is 0 Å². The Morgan fingerprint density at radius 3 is 2.38 bits per heavy atom. The smallest absolute Gasteiger partial charge is 0.0674 e. The van der Waals surface area contributed by atoms with Gasteiger partial charge in [-0.2, -0.15) is 5.10 Å². The van der Waals surface area contributed by atoms with E-state index in [1.807, 2.05) is 30.8 Å². The third-order valence-corrected chi connectivity index (χ3v) is 3.03. The van der Waals surface area contributed by atoms with Crippen LogP contribution < -0.4 is 5.73 Å². The maximum Gasteiger partial charge on any atom is 0.0674 e. The first-order valence-electron chi connectivity index (χ1n) is 5.37. The van der Waals surface area contributed by atoms with E-state index in [0.29, 0.717) is 0 Å². The standard InChI is InChI=1S/C13H17N3/c1-8-7-11(14)5-6-12(8)13-9(2)15-16(4)10(13)3/h5-7H,14H2,1-4H3. The molecular formula is C13H17N3. The molecule has 0 atom stereocenters. The number of hydrogen-bond donors (Lipinski definition) is 1. The molecule has 3 heteroatoms. The van der Waals surface area contributed by atoms with Gasteiger partial charge in [0, 0.05) is 24.0 Å². The average molecular weight is 215 g/mol. The summed E-state index contributed by atoms with van der Waals surface area (Å²) in [6.07, 6.45) is 0. The Morgan fingerprint density at radius 1 is 1.19 bits per heavy atom. The van der Waals surface area contributed by atoms with E-state index in [1.54, 1.807) is 0 Å². The lowest BCUT2D eigenvalue weighted by Gasteiger charge is -2.07. The zero-order chi connectivity index (χ0) is 11.9. The number of aryl methyl sites for hydroxylation is 3. The molecule has 2 N–H and O–H groups in total. The molecule has 2 aromatic rings. The number of benzene rings is 1. The minimum absolute atomic E-state index is 0.806. The van der Waals surface area contributed by atoms with Gasteiger partial charge in [-0.25, -0.2) is 0 Å². The second-order valence-electron chi connectivity index (χ2n) is 4.24. The number of aromatic nitrogens is 2. The Balaban J connectivity index is 2.67. The van der Waals surface area contributed by atoms with Gasteiger partial charge in [-0.3, -0.25) is 4.68 Å². The van der Waals surface area contributed by atoms with Gasteiger partial charge >= 0.3 is 0 Å². The van der Waals surface area contributed by atoms with Crippen LogP contribution in [0.5, 0.6) is 0 Å². The Kier molecular flexibility index (Phi) is 2.46. The largest absolute Gasteiger partial charge is 0.399 e. The SMILES string of the molecule is Cc1cc(N)ccc1-c1c(C)nn(C)c1C. The molecular weight excluding hydrogens is 198 g/mol. The molecule has 0 fully saturated rings. The highest BCUT2D eigenvalue weighted by Crippen LogP contribution is 2.30. The molecule has 84 valence electrons. The van der Waals surface area contributed by atoms with Crippen LogP contribution in [-0.4, -0.2) is 9.78 Å². The van der Waals surface area contributed by atoms with Crippen molar-refractivity contribution in [3.63, 3.8) is 0 Å². The van der Waals surface area contributed by atoms with E-state index in [0.717, 1.165) is 11.4 Å². The van der Waals surface area contributed by atoms with E-state index >= 15 is 0 Å². The predicted molar refractivity (Wildman–Crippen MR) is 67.3 cm³/mol. The second kappa shape index (κ2) is 3.67. The molecule has 0 saturated heterocycles. The Hall–Kier alpha value is -1.77. The van der Waals surface area contributed by atoms with Crippen LogP contribution in [0.1, 0.15) is 17.0 Å². The molecule has 1 aromatic carbocycles. The van der Waals surface area contributed by atoms with Crippen LogP contribution in [0.25, 0.3) is 11.1 Å². The summed E-state index contributed by atoms with van der Waals surface area (Å²) >= 11 is 0. The number of rotatable bonds is 1. The van der Waals surface area contributed by atoms with Crippen LogP contribution in [0.3, 0.4) is 0 Å². The van der Waals surface area contributed by atoms with Crippen LogP contribution in [-0.2, 0) is 7.05 Å². The fourth-order valence-electron chi connectivity index (χ4n) is 2.13. The van der Waals surface area contributed by atoms with Crippen molar-refractivity contribution in [3.8, 4) is 11.1 Å². The summed E-state index contributed by atoms with van der Waals surface area (Å²) < 4.78 is 1.92. The Morgan fingerprint density at radius 2 is 1.88 bits per heavy atom. The molecule has 0 aliphatic carbocycles. The minimum Gasteiger partial charge on any atom is -0.399 e. The van der Waals surface area contributed by atoms with Gasteiger partial charge < -0.3 is 5.73 Å². The molecule has 1 heterocycles. The predicted octanol–water partition coefficient (Wildman–Crippen LogP) is 2.59. The molecule has 0 bridgehead atoms. The molecule has 0 radical (unpaired) electrons. The van der Waals surface area contributed by atoms with Gasteiger partial charge in [0.1, 0.15) is 0 Å². The van der Waals surface area contributed by atoms with E-state index in [9.17, 15) is 0 Å². The van der Waals surface area contributed by atoms with Crippen molar-refractivity contribution < 1.29 is 0 Å². The number of anilines is 1. The van der Waals surface area contributed by atoms with Crippen molar-refractivity contribution in [2.75, 3.05) is 5.73 Å². The van der Waals surface area contributed by atoms with E-state index < -0.39 is 0 Å². The first-order valence-corrected chi connectivity index (χ1v) is 5.37. The van der Waals surface area contributed by atoms with Crippen molar-refractivity contribution in [2.45, 2.75) is 20.8 Å². The normalized spacial score (nSPS) is 10.8. The second-order valence-corrected chi connectivity index (χ2v) is 4.24. The molecule has 0 unspecified atom stereocenters. The van der Waals surface area contributed by atoms with Crippen LogP contribution in [0.4, 0.5) is 5.69 Å². The summed E-state index contributed by atoms with van der Waals surface area (Å²) in [6, 6.07) is 6.01. The lowest BCUT2D eigenvalue weighted by Crippen LogP contribution is -1.93. The van der Waals surface area contributed by atoms with Crippen LogP contribution in [0.15, 0.2) is 18.2 Å². The van der Waals surface area contributed by atoms with E-state index in [4.69, 9.17) is 5.73 Å². The summed E-state index contributed by atoms with van der Waals surface area (Å²) in [5, 5.41) is 4.44. The van der Waals surface area contributed by atoms with E-state index in [2.05, 4.69) is 25.0 Å². The molecule has 0 amide bonds. The zero-order valence-electron chi connectivity index (χ0n) is 10.2. The fraction of sp³-hybridized carbons (Fsp3) is 0.308. The first kappa shape index (κ1) is 10.7. The maximum atomic E-state index is 5.77. The number of nitrogen functional groups attached to an aromatic ring is 1. The van der Waals surface area contributed by atoms with Gasteiger partial charge in [0.05, 0.1) is 5.69 Å². The van der Waals surface area contributed by atoms with Crippen molar-refractivity contribution in [1.29, 1.82) is 0 Å². The van der Waals surface area contributed by atoms with Crippen molar-refractivity contribution in [3.05, 3.63) is 35.2 Å². The summed E-state index contributed by atoms with van der Waals surface area (Å²) in [4.78, 5) is 0. The quantitative estimate of drug-likeness (QED) is 0.743. The molecule has 0 saturated carbocycles. The van der Waals surface area contributed by atoms with E-state index in [-0.39, 0.29) is 0 Å². The van der Waals surface area contributed by atoms with Gasteiger partial charge in [-0.1, -0.05) is 6.07 Å². The van der Waals surface area contributed by atoms with Gasteiger partial charge in [-0.15, -0.1) is 0 Å². The summed E-state index contributed by atoms with van der Waals surface area (Å²) in [5.41, 5.74) is 12.5. The van der Waals surface area contributed by atoms with Gasteiger partial charge in [0.2, 0.25) is 0 Å². The molecule has 2 rings (SSSR count). The first-order chi connectivity index (χ1) is 7.50. The van der Waals surface area contributed by atoms with E-state index in [1.165, 1.54) is 22.4 Å². The number of hydrogen-bond acceptors (Lipinski definition) is 2. The highest BCUT2D eigenvalue weighted by Gasteiger charge is 2.13. The summed E-state index contributed by atoms with van der Waals surface area (Å²) in [5.74, 6) is 0. The average Bonchev–Trinajstić information content (AvgIpc) is 2.43. The maximum absolute atomic E-state index is 5.77. The molecule has 16 heavy (non-hydrogen) atoms. The monoisotopic (exact) mass is 215 g/mol. The molecule has 0 spiro atoms. The Bertz CT molecular complexity index is 538. The fourth-order valence-corrected chi connectivity index (χ4v) is 2.13. The van der Waals surface area contributed by atoms with Crippen molar-refractivity contribution >= 4 is 5.69 Å². The third-order valence-electron chi connectivity index (χ3n) is 3.03. The third kappa shape index (κ3) is 1.58. The lowest BCUT2D eigenvalue weighted by atomic mass is 9.98. The van der Waals surface area contributed by atoms with Crippen molar-refractivity contribution in [2.24, 2.45) is 7.05 Å². The Labute approximate surface area is 95.9 Å². The molecule has 1 aromatic heterocycles. The van der Waals surface area contributed by atoms with Crippen LogP contribution in [0, 0.1) is 20.8 Å². The number of nitrogens with two attached hydrogens (primary N) is 1. The van der Waals surface area contributed by atoms with Crippen LogP contribution >= 0.6 is 0 Å². The topological polar surface area (TPSA) is 43.8 Å². The molecule has 3 nitrogen and oxygen atoms in total. The lowest BCUT2D eigenvalue weighted by molar-refractivity contribution is 0.731. The van der Waals surface area contributed by atoms with Crippen LogP contribution in [0.2, 0.25) is 0 Å². The zero-order valence-corrected chi connectivity index (χ0v) is 10.2. The van der Waals surface area contributed by atoms with Crippen molar-refractivity contribution in [1.82, 2.24) is 9.78 Å². The number of nitrogens with zero attached hydrogens (tertiary/aromatic N) is 2. The molecule has 0 aliphatic heterocycles. The minimum atomic E-state index is 0.806. The highest BCUT2D eigenvalue weighted by atomic mass is 15.3. The summed E-state index contributed by atoms with van der Waals surface area (Å²) in [6.45, 7) is 6.21. The highest BCUT2D eigenvalue weighted by molar-refractivity contribution is 5.73.